The van der Waals surface area contributed by atoms with E-state index >= 15 is 0 Å². The van der Waals surface area contributed by atoms with Crippen molar-refractivity contribution in [2.45, 2.75) is 42.8 Å². The maximum atomic E-state index is 14.5. The fourth-order valence-corrected chi connectivity index (χ4v) is 4.62. The molecule has 0 spiro atoms. The molecule has 0 saturated carbocycles. The second-order valence-electron chi connectivity index (χ2n) is 7.52. The van der Waals surface area contributed by atoms with Crippen LogP contribution in [-0.4, -0.2) is 46.3 Å². The van der Waals surface area contributed by atoms with E-state index in [0.29, 0.717) is 16.8 Å². The number of halogens is 3. The van der Waals surface area contributed by atoms with E-state index in [1.807, 2.05) is 0 Å². The molecule has 2 heterocycles. The zero-order chi connectivity index (χ0) is 21.1. The Morgan fingerprint density at radius 3 is 2.66 bits per heavy atom. The van der Waals surface area contributed by atoms with Gasteiger partial charge in [0.15, 0.2) is 0 Å². The third kappa shape index (κ3) is 3.23. The first-order chi connectivity index (χ1) is 13.5. The lowest BCUT2D eigenvalue weighted by Crippen LogP contribution is -2.57. The van der Waals surface area contributed by atoms with Crippen LogP contribution >= 0.6 is 0 Å². The zero-order valence-electron chi connectivity index (χ0n) is 16.2. The lowest BCUT2D eigenvalue weighted by atomic mass is 10.0. The third-order valence-corrected chi connectivity index (χ3v) is 6.69. The quantitative estimate of drug-likeness (QED) is 0.805. The highest BCUT2D eigenvalue weighted by molar-refractivity contribution is 7.91. The van der Waals surface area contributed by atoms with Gasteiger partial charge in [-0.05, 0) is 31.5 Å². The van der Waals surface area contributed by atoms with Gasteiger partial charge in [-0.1, -0.05) is 0 Å². The Morgan fingerprint density at radius 2 is 2.07 bits per heavy atom. The van der Waals surface area contributed by atoms with Crippen molar-refractivity contribution in [3.63, 3.8) is 0 Å². The number of hydrogen-bond acceptors (Lipinski definition) is 6. The number of methoxy groups -OCH3 is 1. The van der Waals surface area contributed by atoms with Gasteiger partial charge in [-0.3, -0.25) is 0 Å². The van der Waals surface area contributed by atoms with Gasteiger partial charge in [0, 0.05) is 23.8 Å². The number of benzene rings is 1. The maximum Gasteiger partial charge on any atom is 0.290 e. The molecule has 156 valence electrons. The van der Waals surface area contributed by atoms with Crippen LogP contribution in [0.3, 0.4) is 0 Å². The summed E-state index contributed by atoms with van der Waals surface area (Å²) in [7, 11) is -1.72. The first-order valence-corrected chi connectivity index (χ1v) is 11.1. The molecule has 1 aromatic carbocycles. The van der Waals surface area contributed by atoms with Gasteiger partial charge in [0.05, 0.1) is 40.0 Å². The fourth-order valence-electron chi connectivity index (χ4n) is 3.74. The fraction of sp³-hybridized carbons (Fsp3) is 0.474. The number of nitrogens with one attached hydrogen (secondary N) is 1. The number of ether oxygens (including phenoxy) is 1. The number of anilines is 1. The van der Waals surface area contributed by atoms with E-state index in [9.17, 15) is 17.4 Å². The monoisotopic (exact) mass is 426 g/mol. The third-order valence-electron chi connectivity index (χ3n) is 5.53. The van der Waals surface area contributed by atoms with Crippen molar-refractivity contribution in [2.75, 3.05) is 24.8 Å². The predicted molar refractivity (Wildman–Crippen MR) is 103 cm³/mol. The van der Waals surface area contributed by atoms with E-state index in [-0.39, 0.29) is 41.7 Å². The normalized spacial score (nSPS) is 24.6. The summed E-state index contributed by atoms with van der Waals surface area (Å²) in [5, 5.41) is 0. The second-order valence-corrected chi connectivity index (χ2v) is 9.65. The van der Waals surface area contributed by atoms with Gasteiger partial charge in [-0.15, -0.1) is 0 Å². The van der Waals surface area contributed by atoms with Crippen molar-refractivity contribution in [3.05, 3.63) is 29.5 Å². The van der Waals surface area contributed by atoms with Crippen LogP contribution in [0.2, 0.25) is 0 Å². The molecule has 0 bridgehead atoms. The summed E-state index contributed by atoms with van der Waals surface area (Å²) in [6.45, 7) is 1.70. The second kappa shape index (κ2) is 6.58. The Kier molecular flexibility index (Phi) is 4.52. The van der Waals surface area contributed by atoms with E-state index in [4.69, 9.17) is 9.52 Å². The summed E-state index contributed by atoms with van der Waals surface area (Å²) in [4.78, 5) is 10.3. The highest BCUT2D eigenvalue weighted by Crippen LogP contribution is 2.45. The Labute approximate surface area is 167 Å². The molecule has 0 amide bonds. The summed E-state index contributed by atoms with van der Waals surface area (Å²) in [5.41, 5.74) is 0.731. The first-order valence-electron chi connectivity index (χ1n) is 9.15. The topological polar surface area (TPSA) is 79.2 Å². The summed E-state index contributed by atoms with van der Waals surface area (Å²) in [5.74, 6) is -2.75. The van der Waals surface area contributed by atoms with Crippen LogP contribution in [0.15, 0.2) is 23.1 Å². The van der Waals surface area contributed by atoms with Gasteiger partial charge in [0.25, 0.3) is 5.92 Å². The SMILES string of the molecule is COc1ccc(-c2nc(N3C[C@@H](F)[C@@H]3C)nc3c2CCC3(F)F)cc1[S@@](C)(=N)=O. The molecule has 29 heavy (non-hydrogen) atoms. The van der Waals surface area contributed by atoms with Crippen molar-refractivity contribution < 1.29 is 22.1 Å². The molecule has 2 aromatic rings. The van der Waals surface area contributed by atoms with E-state index < -0.39 is 27.9 Å². The Bertz CT molecular complexity index is 1090. The highest BCUT2D eigenvalue weighted by atomic mass is 32.2. The number of aromatic nitrogens is 2. The van der Waals surface area contributed by atoms with Crippen molar-refractivity contribution >= 4 is 15.7 Å². The number of fused-ring (bicyclic) bond motifs is 1. The number of nitrogens with zero attached hydrogens (tertiary/aromatic N) is 3. The summed E-state index contributed by atoms with van der Waals surface area (Å²) < 4.78 is 68.1. The van der Waals surface area contributed by atoms with Crippen molar-refractivity contribution in [3.8, 4) is 17.0 Å². The van der Waals surface area contributed by atoms with E-state index in [0.717, 1.165) is 0 Å². The zero-order valence-corrected chi connectivity index (χ0v) is 17.0. The van der Waals surface area contributed by atoms with Crippen LogP contribution in [0.1, 0.15) is 24.6 Å². The average molecular weight is 426 g/mol. The maximum absolute atomic E-state index is 14.5. The molecular weight excluding hydrogens is 405 g/mol. The van der Waals surface area contributed by atoms with Gasteiger partial charge in [-0.25, -0.2) is 23.3 Å². The van der Waals surface area contributed by atoms with Crippen LogP contribution in [0.4, 0.5) is 19.1 Å². The Balaban J connectivity index is 1.91. The van der Waals surface area contributed by atoms with Crippen LogP contribution in [0.25, 0.3) is 11.3 Å². The van der Waals surface area contributed by atoms with Gasteiger partial charge < -0.3 is 9.64 Å². The molecule has 0 unspecified atom stereocenters. The minimum atomic E-state index is -3.13. The average Bonchev–Trinajstić information content (AvgIpc) is 2.98. The van der Waals surface area contributed by atoms with Gasteiger partial charge >= 0.3 is 0 Å². The molecule has 1 aromatic heterocycles. The first kappa shape index (κ1) is 19.9. The van der Waals surface area contributed by atoms with Gasteiger partial charge in [0.2, 0.25) is 5.95 Å². The Morgan fingerprint density at radius 1 is 1.34 bits per heavy atom. The van der Waals surface area contributed by atoms with Gasteiger partial charge in [0.1, 0.15) is 17.6 Å². The lowest BCUT2D eigenvalue weighted by molar-refractivity contribution is -0.00598. The van der Waals surface area contributed by atoms with Crippen LogP contribution in [0, 0.1) is 4.78 Å². The molecule has 1 fully saturated rings. The highest BCUT2D eigenvalue weighted by Gasteiger charge is 2.45. The molecule has 4 rings (SSSR count). The van der Waals surface area contributed by atoms with Gasteiger partial charge in [-0.2, -0.15) is 8.78 Å². The molecule has 1 aliphatic heterocycles. The largest absolute Gasteiger partial charge is 0.495 e. The predicted octanol–water partition coefficient (Wildman–Crippen LogP) is 3.77. The minimum absolute atomic E-state index is 0.0499. The van der Waals surface area contributed by atoms with Crippen LogP contribution in [-0.2, 0) is 22.1 Å². The minimum Gasteiger partial charge on any atom is -0.495 e. The molecule has 0 radical (unpaired) electrons. The number of alkyl halides is 3. The number of hydrogen-bond donors (Lipinski definition) is 1. The van der Waals surface area contributed by atoms with E-state index in [2.05, 4.69) is 9.97 Å². The summed E-state index contributed by atoms with van der Waals surface area (Å²) in [6.07, 6.45) is -0.0673. The molecular formula is C19H21F3N4O2S. The van der Waals surface area contributed by atoms with Crippen LogP contribution in [0.5, 0.6) is 5.75 Å². The van der Waals surface area contributed by atoms with Crippen molar-refractivity contribution in [1.82, 2.24) is 9.97 Å². The molecule has 2 aliphatic rings. The number of rotatable bonds is 4. The lowest BCUT2D eigenvalue weighted by Gasteiger charge is -2.42. The van der Waals surface area contributed by atoms with Crippen LogP contribution < -0.4 is 9.64 Å². The standard InChI is InChI=1S/C19H21F3N4O2S/c1-10-13(20)9-26(10)18-24-16(12-6-7-19(21,22)17(12)25-18)11-4-5-14(28-2)15(8-11)29(3,23)27/h4-5,8,10,13,23H,6-7,9H2,1-3H3/t10-,13+,29-/m0/s1. The molecule has 3 atom stereocenters. The summed E-state index contributed by atoms with van der Waals surface area (Å²) in [6, 6.07) is 4.18. The molecule has 1 saturated heterocycles. The van der Waals surface area contributed by atoms with E-state index in [1.165, 1.54) is 19.4 Å². The van der Waals surface area contributed by atoms with Crippen molar-refractivity contribution in [1.29, 1.82) is 4.78 Å². The van der Waals surface area contributed by atoms with E-state index in [1.54, 1.807) is 24.0 Å². The van der Waals surface area contributed by atoms with Crippen molar-refractivity contribution in [2.24, 2.45) is 0 Å². The molecule has 1 N–H and O–H groups in total. The molecule has 10 heteroatoms. The molecule has 1 aliphatic carbocycles. The smallest absolute Gasteiger partial charge is 0.290 e. The molecule has 6 nitrogen and oxygen atoms in total. The Hall–Kier alpha value is -2.36. The summed E-state index contributed by atoms with van der Waals surface area (Å²) >= 11 is 0.